The van der Waals surface area contributed by atoms with Crippen LogP contribution in [0.5, 0.6) is 0 Å². The number of hydrogen-bond donors (Lipinski definition) is 1. The van der Waals surface area contributed by atoms with Gasteiger partial charge in [0.25, 0.3) is 0 Å². The van der Waals surface area contributed by atoms with Crippen molar-refractivity contribution >= 4 is 9.84 Å². The maximum atomic E-state index is 11.8. The van der Waals surface area contributed by atoms with Crippen molar-refractivity contribution in [3.05, 3.63) is 36.2 Å². The van der Waals surface area contributed by atoms with E-state index in [0.29, 0.717) is 18.1 Å². The van der Waals surface area contributed by atoms with Crippen LogP contribution in [0, 0.1) is 13.8 Å². The molecule has 0 aliphatic carbocycles. The molecule has 1 saturated heterocycles. The van der Waals surface area contributed by atoms with E-state index in [4.69, 9.17) is 0 Å². The molecule has 4 rings (SSSR count). The number of sulfone groups is 1. The monoisotopic (exact) mass is 346 g/mol. The summed E-state index contributed by atoms with van der Waals surface area (Å²) in [5.41, 5.74) is 2.69. The molecule has 126 valence electrons. The van der Waals surface area contributed by atoms with E-state index in [9.17, 15) is 8.42 Å². The minimum absolute atomic E-state index is 0.0990. The van der Waals surface area contributed by atoms with Crippen LogP contribution in [0.4, 0.5) is 0 Å². The molecule has 24 heavy (non-hydrogen) atoms. The highest BCUT2D eigenvalue weighted by Gasteiger charge is 2.32. The number of rotatable bonds is 3. The van der Waals surface area contributed by atoms with Gasteiger partial charge in [-0.3, -0.25) is 9.25 Å². The van der Waals surface area contributed by atoms with E-state index in [0.717, 1.165) is 17.1 Å². The van der Waals surface area contributed by atoms with E-state index < -0.39 is 9.84 Å². The third kappa shape index (κ3) is 2.35. The summed E-state index contributed by atoms with van der Waals surface area (Å²) < 4.78 is 27.4. The van der Waals surface area contributed by atoms with Gasteiger partial charge in [0.2, 0.25) is 0 Å². The van der Waals surface area contributed by atoms with Crippen molar-refractivity contribution in [3.63, 3.8) is 0 Å². The summed E-state index contributed by atoms with van der Waals surface area (Å²) in [4.78, 5) is 11.7. The number of hydrogen-bond acceptors (Lipinski definition) is 5. The van der Waals surface area contributed by atoms with E-state index in [1.165, 1.54) is 0 Å². The first-order valence-electron chi connectivity index (χ1n) is 7.76. The Kier molecular flexibility index (Phi) is 3.34. The summed E-state index contributed by atoms with van der Waals surface area (Å²) >= 11 is 0. The lowest BCUT2D eigenvalue weighted by atomic mass is 10.2. The molecule has 4 heterocycles. The van der Waals surface area contributed by atoms with Gasteiger partial charge in [-0.1, -0.05) is 0 Å². The first kappa shape index (κ1) is 15.1. The maximum absolute atomic E-state index is 11.8. The number of H-pyrrole nitrogens is 1. The van der Waals surface area contributed by atoms with Gasteiger partial charge in [0.1, 0.15) is 0 Å². The second-order valence-electron chi connectivity index (χ2n) is 6.08. The van der Waals surface area contributed by atoms with Gasteiger partial charge in [0.05, 0.1) is 34.6 Å². The summed E-state index contributed by atoms with van der Waals surface area (Å²) in [5, 5.41) is 4.61. The molecule has 1 aliphatic heterocycles. The zero-order chi connectivity index (χ0) is 16.9. The van der Waals surface area contributed by atoms with Crippen LogP contribution in [0.25, 0.3) is 17.3 Å². The van der Waals surface area contributed by atoms with Gasteiger partial charge in [-0.15, -0.1) is 0 Å². The molecule has 0 radical (unpaired) electrons. The molecule has 3 aromatic rings. The molecule has 1 aliphatic rings. The summed E-state index contributed by atoms with van der Waals surface area (Å²) in [5.74, 6) is 1.76. The third-order valence-corrected chi connectivity index (χ3v) is 6.18. The number of aromatic amines is 1. The molecule has 9 heteroatoms. The van der Waals surface area contributed by atoms with Crippen LogP contribution in [0.3, 0.4) is 0 Å². The quantitative estimate of drug-likeness (QED) is 0.773. The third-order valence-electron chi connectivity index (χ3n) is 4.43. The van der Waals surface area contributed by atoms with E-state index in [2.05, 4.69) is 20.1 Å². The molecule has 1 fully saturated rings. The number of nitrogens with one attached hydrogen (secondary N) is 1. The minimum atomic E-state index is -2.96. The van der Waals surface area contributed by atoms with E-state index in [-0.39, 0.29) is 17.5 Å². The normalized spacial score (nSPS) is 19.8. The van der Waals surface area contributed by atoms with Crippen molar-refractivity contribution in [1.29, 1.82) is 0 Å². The highest BCUT2D eigenvalue weighted by Crippen LogP contribution is 2.30. The van der Waals surface area contributed by atoms with Crippen LogP contribution >= 0.6 is 0 Å². The molecule has 1 N–H and O–H groups in total. The Bertz CT molecular complexity index is 984. The molecule has 0 bridgehead atoms. The molecule has 0 aromatic carbocycles. The largest absolute Gasteiger partial charge is 0.342 e. The van der Waals surface area contributed by atoms with E-state index >= 15 is 0 Å². The molecule has 0 saturated carbocycles. The maximum Gasteiger partial charge on any atom is 0.180 e. The highest BCUT2D eigenvalue weighted by molar-refractivity contribution is 7.91. The number of imidazole rings is 2. The molecular weight excluding hydrogens is 328 g/mol. The van der Waals surface area contributed by atoms with E-state index in [1.807, 2.05) is 29.3 Å². The Morgan fingerprint density at radius 1 is 1.25 bits per heavy atom. The Labute approximate surface area is 139 Å². The molecule has 0 spiro atoms. The van der Waals surface area contributed by atoms with Crippen LogP contribution in [0.1, 0.15) is 23.9 Å². The smallest absolute Gasteiger partial charge is 0.180 e. The predicted molar refractivity (Wildman–Crippen MR) is 88.7 cm³/mol. The molecule has 8 nitrogen and oxygen atoms in total. The zero-order valence-electron chi connectivity index (χ0n) is 13.5. The summed E-state index contributed by atoms with van der Waals surface area (Å²) in [6.45, 7) is 3.89. The second-order valence-corrected chi connectivity index (χ2v) is 8.31. The molecule has 3 aromatic heterocycles. The number of aromatic nitrogens is 6. The van der Waals surface area contributed by atoms with Crippen LogP contribution in [0.15, 0.2) is 24.8 Å². The number of aryl methyl sites for hydroxylation is 1. The average molecular weight is 346 g/mol. The first-order valence-corrected chi connectivity index (χ1v) is 9.58. The molecule has 0 amide bonds. The molecule has 1 atom stereocenters. The van der Waals surface area contributed by atoms with Crippen LogP contribution in [-0.4, -0.2) is 49.2 Å². The van der Waals surface area contributed by atoms with Crippen molar-refractivity contribution in [2.75, 3.05) is 11.5 Å². The Hall–Kier alpha value is -2.42. The lowest BCUT2D eigenvalue weighted by molar-refractivity contribution is 0.485. The van der Waals surface area contributed by atoms with Crippen molar-refractivity contribution < 1.29 is 8.42 Å². The Morgan fingerprint density at radius 3 is 2.75 bits per heavy atom. The van der Waals surface area contributed by atoms with Crippen molar-refractivity contribution in [2.45, 2.75) is 26.3 Å². The Morgan fingerprint density at radius 2 is 2.08 bits per heavy atom. The van der Waals surface area contributed by atoms with Gasteiger partial charge < -0.3 is 4.98 Å². The SMILES string of the molecule is Cc1nn(C2CCS(=O)(=O)C2)c(C)c1-n1ccnc1-c1ncc[nH]1. The van der Waals surface area contributed by atoms with Crippen molar-refractivity contribution in [2.24, 2.45) is 0 Å². The fraction of sp³-hybridized carbons (Fsp3) is 0.400. The second kappa shape index (κ2) is 5.30. The molecular formula is C15H18N6O2S. The number of nitrogens with zero attached hydrogens (tertiary/aromatic N) is 5. The summed E-state index contributed by atoms with van der Waals surface area (Å²) in [6.07, 6.45) is 7.62. The predicted octanol–water partition coefficient (Wildman–Crippen LogP) is 1.44. The minimum Gasteiger partial charge on any atom is -0.342 e. The fourth-order valence-corrected chi connectivity index (χ4v) is 5.07. The van der Waals surface area contributed by atoms with Crippen LogP contribution < -0.4 is 0 Å². The van der Waals surface area contributed by atoms with Gasteiger partial charge in [0, 0.05) is 24.8 Å². The summed E-state index contributed by atoms with van der Waals surface area (Å²) in [6, 6.07) is -0.0990. The lowest BCUT2D eigenvalue weighted by Gasteiger charge is -2.12. The Balaban J connectivity index is 1.80. The summed E-state index contributed by atoms with van der Waals surface area (Å²) in [7, 11) is -2.96. The molecule has 1 unspecified atom stereocenters. The zero-order valence-corrected chi connectivity index (χ0v) is 14.3. The van der Waals surface area contributed by atoms with Gasteiger partial charge in [-0.25, -0.2) is 18.4 Å². The van der Waals surface area contributed by atoms with Crippen molar-refractivity contribution in [1.82, 2.24) is 29.3 Å². The average Bonchev–Trinajstić information content (AvgIpc) is 3.25. The van der Waals surface area contributed by atoms with Crippen molar-refractivity contribution in [3.8, 4) is 17.3 Å². The van der Waals surface area contributed by atoms with Gasteiger partial charge in [0.15, 0.2) is 21.5 Å². The van der Waals surface area contributed by atoms with Gasteiger partial charge >= 0.3 is 0 Å². The van der Waals surface area contributed by atoms with E-state index in [1.54, 1.807) is 18.6 Å². The fourth-order valence-electron chi connectivity index (χ4n) is 3.37. The standard InChI is InChI=1S/C15H18N6O2S/c1-10-13(20-7-6-18-15(20)14-16-4-5-17-14)11(2)21(19-10)12-3-8-24(22,23)9-12/h4-7,12H,3,8-9H2,1-2H3,(H,16,17). The highest BCUT2D eigenvalue weighted by atomic mass is 32.2. The lowest BCUT2D eigenvalue weighted by Crippen LogP contribution is -2.14. The van der Waals surface area contributed by atoms with Crippen LogP contribution in [-0.2, 0) is 9.84 Å². The first-order chi connectivity index (χ1) is 11.5. The van der Waals surface area contributed by atoms with Crippen LogP contribution in [0.2, 0.25) is 0 Å². The van der Waals surface area contributed by atoms with Gasteiger partial charge in [-0.2, -0.15) is 5.10 Å². The topological polar surface area (TPSA) is 98.5 Å². The van der Waals surface area contributed by atoms with Gasteiger partial charge in [-0.05, 0) is 20.3 Å².